The van der Waals surface area contributed by atoms with E-state index in [1.165, 1.54) is 0 Å². The quantitative estimate of drug-likeness (QED) is 0.891. The van der Waals surface area contributed by atoms with Crippen molar-refractivity contribution in [1.82, 2.24) is 4.98 Å². The second-order valence-corrected chi connectivity index (χ2v) is 7.59. The van der Waals surface area contributed by atoms with Gasteiger partial charge in [-0.1, -0.05) is 17.8 Å². The third kappa shape index (κ3) is 3.83. The Labute approximate surface area is 118 Å². The van der Waals surface area contributed by atoms with E-state index in [0.717, 1.165) is 17.5 Å². The lowest BCUT2D eigenvalue weighted by molar-refractivity contribution is -0.182. The van der Waals surface area contributed by atoms with Gasteiger partial charge in [-0.3, -0.25) is 0 Å². The average Bonchev–Trinajstić information content (AvgIpc) is 2.76. The van der Waals surface area contributed by atoms with Crippen LogP contribution in [0.25, 0.3) is 0 Å². The van der Waals surface area contributed by atoms with Crippen LogP contribution in [0.4, 0.5) is 18.3 Å². The van der Waals surface area contributed by atoms with Crippen molar-refractivity contribution >= 4 is 26.5 Å². The second-order valence-electron chi connectivity index (χ2n) is 4.78. The molecular weight excluding hydrogens is 315 g/mol. The van der Waals surface area contributed by atoms with Gasteiger partial charge in [-0.25, -0.2) is 18.5 Å². The predicted octanol–water partition coefficient (Wildman–Crippen LogP) is 2.32. The Morgan fingerprint density at radius 2 is 2.10 bits per heavy atom. The van der Waals surface area contributed by atoms with Gasteiger partial charge >= 0.3 is 6.18 Å². The molecule has 5 nitrogen and oxygen atoms in total. The van der Waals surface area contributed by atoms with Gasteiger partial charge in [0, 0.05) is 6.04 Å². The first kappa shape index (κ1) is 15.5. The summed E-state index contributed by atoms with van der Waals surface area (Å²) in [5.74, 6) is -1.31. The number of sulfonamides is 1. The monoisotopic (exact) mass is 329 g/mol. The number of halogens is 3. The first-order chi connectivity index (χ1) is 9.16. The van der Waals surface area contributed by atoms with Crippen molar-refractivity contribution in [3.8, 4) is 0 Å². The van der Waals surface area contributed by atoms with Crippen molar-refractivity contribution in [3.05, 3.63) is 6.20 Å². The molecule has 0 radical (unpaired) electrons. The van der Waals surface area contributed by atoms with Crippen LogP contribution in [0, 0.1) is 5.92 Å². The molecular formula is C10H14F3N3O2S2. The van der Waals surface area contributed by atoms with Crippen molar-refractivity contribution in [1.29, 1.82) is 0 Å². The maximum absolute atomic E-state index is 12.7. The number of nitrogens with two attached hydrogens (primary N) is 1. The highest BCUT2D eigenvalue weighted by molar-refractivity contribution is 7.91. The summed E-state index contributed by atoms with van der Waals surface area (Å²) in [4.78, 5) is 3.83. The van der Waals surface area contributed by atoms with Crippen molar-refractivity contribution in [2.24, 2.45) is 11.1 Å². The molecule has 10 heteroatoms. The van der Waals surface area contributed by atoms with Gasteiger partial charge in [0.15, 0.2) is 9.34 Å². The Morgan fingerprint density at radius 1 is 1.40 bits per heavy atom. The third-order valence-corrected chi connectivity index (χ3v) is 5.57. The molecule has 0 amide bonds. The number of aromatic nitrogens is 1. The van der Waals surface area contributed by atoms with E-state index >= 15 is 0 Å². The molecule has 1 fully saturated rings. The van der Waals surface area contributed by atoms with Crippen LogP contribution in [0.15, 0.2) is 10.4 Å². The largest absolute Gasteiger partial charge is 0.391 e. The molecule has 2 atom stereocenters. The fourth-order valence-electron chi connectivity index (χ4n) is 2.25. The summed E-state index contributed by atoms with van der Waals surface area (Å²) in [6.07, 6.45) is -1.87. The summed E-state index contributed by atoms with van der Waals surface area (Å²) >= 11 is 0.826. The Kier molecular flexibility index (Phi) is 4.26. The zero-order valence-corrected chi connectivity index (χ0v) is 12.0. The minimum atomic E-state index is -4.19. The number of thiazole rings is 1. The maximum Gasteiger partial charge on any atom is 0.391 e. The molecule has 0 saturated heterocycles. The molecule has 2 unspecified atom stereocenters. The van der Waals surface area contributed by atoms with E-state index in [0.29, 0.717) is 12.8 Å². The summed E-state index contributed by atoms with van der Waals surface area (Å²) in [5.41, 5.74) is 0. The highest BCUT2D eigenvalue weighted by atomic mass is 32.2. The van der Waals surface area contributed by atoms with Gasteiger partial charge in [-0.05, 0) is 19.3 Å². The lowest BCUT2D eigenvalue weighted by Gasteiger charge is -2.30. The van der Waals surface area contributed by atoms with Gasteiger partial charge in [0.2, 0.25) is 10.0 Å². The number of nitrogens with one attached hydrogen (secondary N) is 1. The summed E-state index contributed by atoms with van der Waals surface area (Å²) in [6.45, 7) is 0. The number of alkyl halides is 3. The highest BCUT2D eigenvalue weighted by Gasteiger charge is 2.42. The molecule has 0 aliphatic heterocycles. The minimum absolute atomic E-state index is 0.0201. The highest BCUT2D eigenvalue weighted by Crippen LogP contribution is 2.38. The lowest BCUT2D eigenvalue weighted by Crippen LogP contribution is -2.34. The molecule has 2 rings (SSSR count). The molecule has 1 heterocycles. The van der Waals surface area contributed by atoms with E-state index in [1.807, 2.05) is 0 Å². The van der Waals surface area contributed by atoms with Gasteiger partial charge in [0.1, 0.15) is 0 Å². The SMILES string of the molecule is NS(=O)(=O)c1cnc(NC2CCCC(C(F)(F)F)C2)s1. The van der Waals surface area contributed by atoms with Gasteiger partial charge in [0.25, 0.3) is 0 Å². The number of primary sulfonamides is 1. The minimum Gasteiger partial charge on any atom is -0.359 e. The normalized spacial score (nSPS) is 24.6. The Bertz CT molecular complexity index is 571. The van der Waals surface area contributed by atoms with E-state index in [2.05, 4.69) is 10.3 Å². The van der Waals surface area contributed by atoms with Crippen LogP contribution in [-0.4, -0.2) is 25.6 Å². The summed E-state index contributed by atoms with van der Waals surface area (Å²) in [7, 11) is -3.82. The first-order valence-electron chi connectivity index (χ1n) is 5.98. The number of hydrogen-bond acceptors (Lipinski definition) is 5. The maximum atomic E-state index is 12.7. The van der Waals surface area contributed by atoms with Gasteiger partial charge in [0.05, 0.1) is 12.1 Å². The Balaban J connectivity index is 2.01. The number of nitrogens with zero attached hydrogens (tertiary/aromatic N) is 1. The molecule has 1 aromatic heterocycles. The standard InChI is InChI=1S/C10H14F3N3O2S2/c11-10(12,13)6-2-1-3-7(4-6)16-9-15-5-8(19-9)20(14,17)18/h5-7H,1-4H2,(H,15,16)(H2,14,17,18). The van der Waals surface area contributed by atoms with E-state index in [9.17, 15) is 21.6 Å². The first-order valence-corrected chi connectivity index (χ1v) is 8.34. The van der Waals surface area contributed by atoms with Crippen LogP contribution in [0.2, 0.25) is 0 Å². The summed E-state index contributed by atoms with van der Waals surface area (Å²) < 4.78 is 60.1. The van der Waals surface area contributed by atoms with Gasteiger partial charge in [-0.15, -0.1) is 0 Å². The summed E-state index contributed by atoms with van der Waals surface area (Å²) in [6, 6.07) is -0.352. The molecule has 1 aliphatic rings. The second kappa shape index (κ2) is 5.49. The van der Waals surface area contributed by atoms with Gasteiger partial charge in [-0.2, -0.15) is 13.2 Å². The zero-order valence-electron chi connectivity index (χ0n) is 10.4. The smallest absolute Gasteiger partial charge is 0.359 e. The molecule has 1 saturated carbocycles. The van der Waals surface area contributed by atoms with Crippen LogP contribution < -0.4 is 10.5 Å². The molecule has 0 bridgehead atoms. The number of rotatable bonds is 3. The van der Waals surface area contributed by atoms with Crippen LogP contribution in [-0.2, 0) is 10.0 Å². The molecule has 1 aromatic rings. The Hall–Kier alpha value is -0.870. The zero-order chi connectivity index (χ0) is 15.0. The van der Waals surface area contributed by atoms with Crippen LogP contribution in [0.5, 0.6) is 0 Å². The predicted molar refractivity (Wildman–Crippen MR) is 68.9 cm³/mol. The van der Waals surface area contributed by atoms with Gasteiger partial charge < -0.3 is 5.32 Å². The average molecular weight is 329 g/mol. The molecule has 0 spiro atoms. The topological polar surface area (TPSA) is 85.1 Å². The summed E-state index contributed by atoms with van der Waals surface area (Å²) in [5, 5.41) is 8.09. The van der Waals surface area contributed by atoms with E-state index < -0.39 is 22.1 Å². The van der Waals surface area contributed by atoms with Crippen LogP contribution >= 0.6 is 11.3 Å². The van der Waals surface area contributed by atoms with E-state index in [4.69, 9.17) is 5.14 Å². The molecule has 3 N–H and O–H groups in total. The van der Waals surface area contributed by atoms with Crippen LogP contribution in [0.1, 0.15) is 25.7 Å². The molecule has 1 aliphatic carbocycles. The van der Waals surface area contributed by atoms with Crippen molar-refractivity contribution in [2.45, 2.75) is 42.1 Å². The number of hydrogen-bond donors (Lipinski definition) is 2. The van der Waals surface area contributed by atoms with Crippen LogP contribution in [0.3, 0.4) is 0 Å². The lowest BCUT2D eigenvalue weighted by atomic mass is 9.85. The molecule has 114 valence electrons. The van der Waals surface area contributed by atoms with E-state index in [-0.39, 0.29) is 28.2 Å². The number of anilines is 1. The Morgan fingerprint density at radius 3 is 2.65 bits per heavy atom. The van der Waals surface area contributed by atoms with Crippen molar-refractivity contribution in [2.75, 3.05) is 5.32 Å². The van der Waals surface area contributed by atoms with Crippen molar-refractivity contribution in [3.63, 3.8) is 0 Å². The fraction of sp³-hybridized carbons (Fsp3) is 0.700. The molecule has 20 heavy (non-hydrogen) atoms. The third-order valence-electron chi connectivity index (χ3n) is 3.23. The molecule has 0 aromatic carbocycles. The fourth-order valence-corrected chi connectivity index (χ4v) is 3.78. The van der Waals surface area contributed by atoms with E-state index in [1.54, 1.807) is 0 Å². The van der Waals surface area contributed by atoms with Crippen molar-refractivity contribution < 1.29 is 21.6 Å².